The summed E-state index contributed by atoms with van der Waals surface area (Å²) in [7, 11) is -9.83. The van der Waals surface area contributed by atoms with Crippen molar-refractivity contribution in [3.8, 4) is 0 Å². The Balaban J connectivity index is 2.28. The van der Waals surface area contributed by atoms with Gasteiger partial charge in [0.2, 0.25) is 0 Å². The Labute approximate surface area is 171 Å². The first-order chi connectivity index (χ1) is 15.6. The van der Waals surface area contributed by atoms with Crippen LogP contribution < -0.4 is 0 Å². The lowest BCUT2D eigenvalue weighted by Gasteiger charge is -2.08. The van der Waals surface area contributed by atoms with Crippen molar-refractivity contribution in [3.05, 3.63) is 59.7 Å². The van der Waals surface area contributed by atoms with Crippen molar-refractivity contribution >= 4 is 20.2 Å². The van der Waals surface area contributed by atoms with Crippen molar-refractivity contribution in [1.82, 2.24) is 0 Å². The van der Waals surface area contributed by atoms with E-state index in [1.807, 2.05) is 0 Å². The average molecular weight is 423 g/mol. The standard InChI is InChI=1S/C18H22O7S2/c1-15-3-7-17(8-4-15)26(19,20)24-13-11-23-12-14-25-27(21,22)18-9-5-16(2)6-10-18/h3-10H,11-14H2,1-2H3/i11D2,12D2,13D2,14D2. The van der Waals surface area contributed by atoms with Crippen LogP contribution in [0.5, 0.6) is 0 Å². The van der Waals surface area contributed by atoms with Crippen LogP contribution in [0, 0.1) is 13.8 Å². The number of aryl methyl sites for hydroxylation is 2. The molecule has 148 valence electrons. The molecular weight excluding hydrogens is 392 g/mol. The fourth-order valence-electron chi connectivity index (χ4n) is 1.72. The molecule has 0 unspecified atom stereocenters. The van der Waals surface area contributed by atoms with Crippen molar-refractivity contribution in [3.63, 3.8) is 0 Å². The van der Waals surface area contributed by atoms with Crippen LogP contribution in [0.1, 0.15) is 22.1 Å². The normalized spacial score (nSPS) is 18.7. The maximum atomic E-state index is 12.4. The third-order valence-electron chi connectivity index (χ3n) is 3.11. The fraction of sp³-hybridized carbons (Fsp3) is 0.333. The van der Waals surface area contributed by atoms with Gasteiger partial charge in [0.05, 0.1) is 47.0 Å². The second-order valence-corrected chi connectivity index (χ2v) is 8.30. The van der Waals surface area contributed by atoms with E-state index < -0.39 is 56.3 Å². The summed E-state index contributed by atoms with van der Waals surface area (Å²) in [6.07, 6.45) is 0. The lowest BCUT2D eigenvalue weighted by Crippen LogP contribution is -2.15. The molecule has 27 heavy (non-hydrogen) atoms. The number of hydrogen-bond donors (Lipinski definition) is 0. The van der Waals surface area contributed by atoms with Crippen LogP contribution in [0.2, 0.25) is 0 Å². The van der Waals surface area contributed by atoms with Crippen molar-refractivity contribution < 1.29 is 40.9 Å². The summed E-state index contributed by atoms with van der Waals surface area (Å²) in [6, 6.07) is 9.76. The predicted molar refractivity (Wildman–Crippen MR) is 99.5 cm³/mol. The molecule has 0 saturated heterocycles. The van der Waals surface area contributed by atoms with E-state index in [0.717, 1.165) is 24.3 Å². The monoisotopic (exact) mass is 422 g/mol. The molecule has 7 nitrogen and oxygen atoms in total. The molecule has 0 N–H and O–H groups in total. The van der Waals surface area contributed by atoms with Crippen molar-refractivity contribution in [2.45, 2.75) is 23.6 Å². The van der Waals surface area contributed by atoms with E-state index >= 15 is 0 Å². The van der Waals surface area contributed by atoms with Gasteiger partial charge in [-0.3, -0.25) is 8.37 Å². The largest absolute Gasteiger partial charge is 0.377 e. The first kappa shape index (κ1) is 12.6. The van der Waals surface area contributed by atoms with Gasteiger partial charge in [0.1, 0.15) is 0 Å². The van der Waals surface area contributed by atoms with Gasteiger partial charge in [-0.05, 0) is 38.1 Å². The van der Waals surface area contributed by atoms with Gasteiger partial charge in [-0.2, -0.15) is 16.8 Å². The molecule has 2 aromatic rings. The zero-order valence-corrected chi connectivity index (χ0v) is 15.9. The predicted octanol–water partition coefficient (Wildman–Crippen LogP) is 2.43. The minimum Gasteiger partial charge on any atom is -0.377 e. The molecule has 0 atom stereocenters. The quantitative estimate of drug-likeness (QED) is 0.543. The summed E-state index contributed by atoms with van der Waals surface area (Å²) in [5.74, 6) is 0. The number of benzene rings is 2. The second-order valence-electron chi connectivity index (χ2n) is 5.21. The van der Waals surface area contributed by atoms with Gasteiger partial charge in [-0.25, -0.2) is 0 Å². The molecule has 2 rings (SSSR count). The Morgan fingerprint density at radius 1 is 0.667 bits per heavy atom. The molecule has 0 bridgehead atoms. The molecule has 0 saturated carbocycles. The average Bonchev–Trinajstić information content (AvgIpc) is 2.66. The van der Waals surface area contributed by atoms with Crippen LogP contribution in [0.25, 0.3) is 0 Å². The molecule has 0 aliphatic heterocycles. The SMILES string of the molecule is [2H]C([2H])(OC([2H])([2H])C([2H])([2H])OS(=O)(=O)c1ccc(C)cc1)C([2H])([2H])OS(=O)(=O)c1ccc(C)cc1. The highest BCUT2D eigenvalue weighted by molar-refractivity contribution is 7.87. The first-order valence-corrected chi connectivity index (χ1v) is 10.2. The van der Waals surface area contributed by atoms with Gasteiger partial charge in [-0.1, -0.05) is 35.4 Å². The van der Waals surface area contributed by atoms with Crippen LogP contribution in [-0.2, 0) is 33.3 Å². The second kappa shape index (κ2) is 9.43. The molecule has 0 heterocycles. The van der Waals surface area contributed by atoms with Crippen molar-refractivity contribution in [1.29, 1.82) is 0 Å². The van der Waals surface area contributed by atoms with E-state index in [4.69, 9.17) is 11.0 Å². The van der Waals surface area contributed by atoms with E-state index in [0.29, 0.717) is 11.1 Å². The van der Waals surface area contributed by atoms with E-state index in [2.05, 4.69) is 13.1 Å². The zero-order chi connectivity index (χ0) is 27.1. The molecule has 0 aliphatic carbocycles. The molecular formula is C18H22O7S2. The maximum Gasteiger partial charge on any atom is 0.297 e. The number of ether oxygens (including phenoxy) is 1. The third-order valence-corrected chi connectivity index (χ3v) is 5.41. The molecule has 2 aromatic carbocycles. The van der Waals surface area contributed by atoms with Gasteiger partial charge in [0.15, 0.2) is 0 Å². The van der Waals surface area contributed by atoms with Gasteiger partial charge in [0.25, 0.3) is 20.2 Å². The molecule has 0 amide bonds. The highest BCUT2D eigenvalue weighted by Crippen LogP contribution is 2.14. The van der Waals surface area contributed by atoms with Gasteiger partial charge in [0, 0.05) is 0 Å². The molecule has 0 aliphatic rings. The molecule has 0 radical (unpaired) electrons. The smallest absolute Gasteiger partial charge is 0.297 e. The molecule has 9 heteroatoms. The Kier molecular flexibility index (Phi) is 4.41. The van der Waals surface area contributed by atoms with Crippen molar-refractivity contribution in [2.75, 3.05) is 26.2 Å². The zero-order valence-electron chi connectivity index (χ0n) is 22.3. The van der Waals surface area contributed by atoms with Crippen LogP contribution in [0.15, 0.2) is 58.3 Å². The third kappa shape index (κ3) is 6.71. The van der Waals surface area contributed by atoms with Crippen LogP contribution in [0.4, 0.5) is 0 Å². The van der Waals surface area contributed by atoms with E-state index in [1.54, 1.807) is 13.8 Å². The van der Waals surface area contributed by atoms with Crippen LogP contribution in [0.3, 0.4) is 0 Å². The Morgan fingerprint density at radius 2 is 1.00 bits per heavy atom. The van der Waals surface area contributed by atoms with E-state index in [9.17, 15) is 16.8 Å². The highest BCUT2D eigenvalue weighted by Gasteiger charge is 2.15. The summed E-state index contributed by atoms with van der Waals surface area (Å²) >= 11 is 0. The summed E-state index contributed by atoms with van der Waals surface area (Å²) in [5, 5.41) is 0. The van der Waals surface area contributed by atoms with E-state index in [-0.39, 0.29) is 0 Å². The number of rotatable bonds is 10. The van der Waals surface area contributed by atoms with Crippen molar-refractivity contribution in [2.24, 2.45) is 0 Å². The Bertz CT molecular complexity index is 1160. The molecule has 0 fully saturated rings. The van der Waals surface area contributed by atoms with Crippen LogP contribution in [-0.4, -0.2) is 43.1 Å². The van der Waals surface area contributed by atoms with Gasteiger partial charge in [-0.15, -0.1) is 0 Å². The Hall–Kier alpha value is -1.78. The molecule has 0 aromatic heterocycles. The first-order valence-electron chi connectivity index (χ1n) is 11.4. The molecule has 0 spiro atoms. The number of hydrogen-bond acceptors (Lipinski definition) is 7. The van der Waals surface area contributed by atoms with Gasteiger partial charge >= 0.3 is 0 Å². The summed E-state index contributed by atoms with van der Waals surface area (Å²) in [6.45, 7) is -12.4. The van der Waals surface area contributed by atoms with Gasteiger partial charge < -0.3 is 4.74 Å². The van der Waals surface area contributed by atoms with Crippen LogP contribution >= 0.6 is 0 Å². The minimum absolute atomic E-state index is 0.534. The summed E-state index contributed by atoms with van der Waals surface area (Å²) in [5.41, 5.74) is 1.34. The van der Waals surface area contributed by atoms with E-state index in [1.165, 1.54) is 24.3 Å². The lowest BCUT2D eigenvalue weighted by molar-refractivity contribution is 0.0794. The Morgan fingerprint density at radius 3 is 1.33 bits per heavy atom. The lowest BCUT2D eigenvalue weighted by atomic mass is 10.2. The topological polar surface area (TPSA) is 96.0 Å². The minimum atomic E-state index is -4.92. The summed E-state index contributed by atoms with van der Waals surface area (Å²) < 4.78 is 124. The maximum absolute atomic E-state index is 12.4. The highest BCUT2D eigenvalue weighted by atomic mass is 32.2. The summed E-state index contributed by atoms with van der Waals surface area (Å²) in [4.78, 5) is -1.07. The fourth-order valence-corrected chi connectivity index (χ4v) is 3.14.